The van der Waals surface area contributed by atoms with Gasteiger partial charge in [-0.15, -0.1) is 0 Å². The van der Waals surface area contributed by atoms with Crippen LogP contribution in [-0.4, -0.2) is 38.8 Å². The Morgan fingerprint density at radius 1 is 1.11 bits per heavy atom. The summed E-state index contributed by atoms with van der Waals surface area (Å²) in [7, 11) is 1.65. The second-order valence-corrected chi connectivity index (χ2v) is 6.68. The van der Waals surface area contributed by atoms with Gasteiger partial charge in [-0.25, -0.2) is 0 Å². The molecule has 108 valence electrons. The molecule has 4 saturated carbocycles. The van der Waals surface area contributed by atoms with E-state index in [9.17, 15) is 4.79 Å². The summed E-state index contributed by atoms with van der Waals surface area (Å²) in [4.78, 5) is 11.7. The molecule has 0 heterocycles. The fourth-order valence-electron chi connectivity index (χ4n) is 4.82. The van der Waals surface area contributed by atoms with Gasteiger partial charge in [0.25, 0.3) is 0 Å². The van der Waals surface area contributed by atoms with Crippen LogP contribution in [0, 0.1) is 23.7 Å². The number of methoxy groups -OCH3 is 1. The van der Waals surface area contributed by atoms with Crippen LogP contribution in [0.3, 0.4) is 0 Å². The molecule has 0 saturated heterocycles. The summed E-state index contributed by atoms with van der Waals surface area (Å²) >= 11 is 0. The first kappa shape index (κ1) is 13.4. The summed E-state index contributed by atoms with van der Waals surface area (Å²) in [5, 5.41) is 6.42. The lowest BCUT2D eigenvalue weighted by Crippen LogP contribution is -2.56. The number of carbonyl (C=O) groups excluding carboxylic acids is 1. The molecule has 4 fully saturated rings. The Morgan fingerprint density at radius 2 is 1.74 bits per heavy atom. The second kappa shape index (κ2) is 5.80. The third-order valence-electron chi connectivity index (χ3n) is 5.35. The summed E-state index contributed by atoms with van der Waals surface area (Å²) in [6.07, 6.45) is 7.08. The van der Waals surface area contributed by atoms with E-state index in [1.54, 1.807) is 7.11 Å². The molecule has 4 nitrogen and oxygen atoms in total. The van der Waals surface area contributed by atoms with Crippen LogP contribution in [0.5, 0.6) is 0 Å². The van der Waals surface area contributed by atoms with Gasteiger partial charge in [0.15, 0.2) is 0 Å². The first-order valence-corrected chi connectivity index (χ1v) is 7.75. The molecule has 0 aromatic carbocycles. The normalized spacial score (nSPS) is 39.5. The van der Waals surface area contributed by atoms with Gasteiger partial charge < -0.3 is 15.4 Å². The monoisotopic (exact) mass is 266 g/mol. The molecule has 1 amide bonds. The van der Waals surface area contributed by atoms with Crippen LogP contribution in [0.15, 0.2) is 0 Å². The first-order valence-electron chi connectivity index (χ1n) is 7.75. The minimum absolute atomic E-state index is 0.103. The van der Waals surface area contributed by atoms with Crippen molar-refractivity contribution in [3.63, 3.8) is 0 Å². The molecule has 4 bridgehead atoms. The summed E-state index contributed by atoms with van der Waals surface area (Å²) in [6.45, 7) is 1.67. The number of ether oxygens (including phenoxy) is 1. The van der Waals surface area contributed by atoms with Crippen molar-refractivity contribution in [2.24, 2.45) is 23.7 Å². The van der Waals surface area contributed by atoms with Crippen molar-refractivity contribution < 1.29 is 9.53 Å². The topological polar surface area (TPSA) is 50.4 Å². The number of amides is 1. The molecular weight excluding hydrogens is 240 g/mol. The minimum atomic E-state index is 0.103. The first-order chi connectivity index (χ1) is 9.26. The molecule has 19 heavy (non-hydrogen) atoms. The quantitative estimate of drug-likeness (QED) is 0.709. The highest BCUT2D eigenvalue weighted by atomic mass is 16.5. The van der Waals surface area contributed by atoms with Crippen LogP contribution in [0.25, 0.3) is 0 Å². The van der Waals surface area contributed by atoms with Gasteiger partial charge in [-0.05, 0) is 55.8 Å². The van der Waals surface area contributed by atoms with Crippen LogP contribution in [-0.2, 0) is 9.53 Å². The smallest absolute Gasteiger partial charge is 0.234 e. The fraction of sp³-hybridized carbons (Fsp3) is 0.933. The Balaban J connectivity index is 1.44. The molecule has 4 aliphatic rings. The molecule has 4 aliphatic carbocycles. The van der Waals surface area contributed by atoms with Gasteiger partial charge in [-0.3, -0.25) is 4.79 Å². The lowest BCUT2D eigenvalue weighted by molar-refractivity contribution is -0.121. The predicted molar refractivity (Wildman–Crippen MR) is 73.7 cm³/mol. The van der Waals surface area contributed by atoms with E-state index in [1.165, 1.54) is 32.1 Å². The van der Waals surface area contributed by atoms with E-state index in [0.29, 0.717) is 25.7 Å². The molecule has 0 aliphatic heterocycles. The van der Waals surface area contributed by atoms with E-state index >= 15 is 0 Å². The van der Waals surface area contributed by atoms with Gasteiger partial charge in [-0.1, -0.05) is 0 Å². The molecule has 0 aromatic heterocycles. The molecule has 4 rings (SSSR count). The van der Waals surface area contributed by atoms with Gasteiger partial charge >= 0.3 is 0 Å². The summed E-state index contributed by atoms with van der Waals surface area (Å²) in [5.74, 6) is 3.77. The summed E-state index contributed by atoms with van der Waals surface area (Å²) in [6, 6.07) is 0.598. The molecule has 4 heteroatoms. The molecule has 2 N–H and O–H groups in total. The Hall–Kier alpha value is -0.610. The minimum Gasteiger partial charge on any atom is -0.383 e. The number of nitrogens with one attached hydrogen (secondary N) is 2. The van der Waals surface area contributed by atoms with E-state index in [-0.39, 0.29) is 5.91 Å². The van der Waals surface area contributed by atoms with Crippen molar-refractivity contribution in [1.29, 1.82) is 0 Å². The van der Waals surface area contributed by atoms with Crippen molar-refractivity contribution in [3.8, 4) is 0 Å². The van der Waals surface area contributed by atoms with Crippen LogP contribution < -0.4 is 10.6 Å². The van der Waals surface area contributed by atoms with Crippen molar-refractivity contribution in [2.75, 3.05) is 26.8 Å². The predicted octanol–water partition coefficient (Wildman–Crippen LogP) is 1.16. The molecule has 0 unspecified atom stereocenters. The maximum absolute atomic E-state index is 11.7. The standard InChI is InChI=1S/C15H26N2O2/c1-19-3-2-16-14(18)9-17-15-12-5-10-4-11(7-12)8-13(15)6-10/h10-13,15,17H,2-9H2,1H3,(H,16,18). The van der Waals surface area contributed by atoms with Gasteiger partial charge in [0.2, 0.25) is 5.91 Å². The van der Waals surface area contributed by atoms with Crippen LogP contribution >= 0.6 is 0 Å². The van der Waals surface area contributed by atoms with Crippen LogP contribution in [0.2, 0.25) is 0 Å². The van der Waals surface area contributed by atoms with Crippen LogP contribution in [0.1, 0.15) is 32.1 Å². The average molecular weight is 266 g/mol. The van der Waals surface area contributed by atoms with Crippen molar-refractivity contribution in [1.82, 2.24) is 10.6 Å². The summed E-state index contributed by atoms with van der Waals surface area (Å²) < 4.78 is 4.93. The Morgan fingerprint density at radius 3 is 2.32 bits per heavy atom. The lowest BCUT2D eigenvalue weighted by atomic mass is 9.54. The van der Waals surface area contributed by atoms with Crippen molar-refractivity contribution >= 4 is 5.91 Å². The highest BCUT2D eigenvalue weighted by molar-refractivity contribution is 5.78. The third kappa shape index (κ3) is 2.95. The van der Waals surface area contributed by atoms with Gasteiger partial charge in [-0.2, -0.15) is 0 Å². The van der Waals surface area contributed by atoms with E-state index in [0.717, 1.165) is 23.7 Å². The maximum Gasteiger partial charge on any atom is 0.234 e. The molecule has 0 atom stereocenters. The van der Waals surface area contributed by atoms with Gasteiger partial charge in [0, 0.05) is 19.7 Å². The highest BCUT2D eigenvalue weighted by Gasteiger charge is 2.47. The Bertz CT molecular complexity index is 304. The van der Waals surface area contributed by atoms with Gasteiger partial charge in [0.1, 0.15) is 0 Å². The lowest BCUT2D eigenvalue weighted by Gasteiger charge is -2.54. The molecule has 0 aromatic rings. The number of carbonyl (C=O) groups is 1. The summed E-state index contributed by atoms with van der Waals surface area (Å²) in [5.41, 5.74) is 0. The molecular formula is C15H26N2O2. The number of hydrogen-bond donors (Lipinski definition) is 2. The van der Waals surface area contributed by atoms with Crippen molar-refractivity contribution in [3.05, 3.63) is 0 Å². The zero-order chi connectivity index (χ0) is 13.2. The highest BCUT2D eigenvalue weighted by Crippen LogP contribution is 2.53. The van der Waals surface area contributed by atoms with E-state index in [1.807, 2.05) is 0 Å². The second-order valence-electron chi connectivity index (χ2n) is 6.68. The Kier molecular flexibility index (Phi) is 4.08. The van der Waals surface area contributed by atoms with E-state index in [4.69, 9.17) is 4.74 Å². The molecule has 0 spiro atoms. The number of hydrogen-bond acceptors (Lipinski definition) is 3. The Labute approximate surface area is 115 Å². The van der Waals surface area contributed by atoms with E-state index in [2.05, 4.69) is 10.6 Å². The van der Waals surface area contributed by atoms with E-state index < -0.39 is 0 Å². The maximum atomic E-state index is 11.7. The zero-order valence-corrected chi connectivity index (χ0v) is 11.9. The van der Waals surface area contributed by atoms with Crippen LogP contribution in [0.4, 0.5) is 0 Å². The largest absolute Gasteiger partial charge is 0.383 e. The average Bonchev–Trinajstić information content (AvgIpc) is 2.37. The van der Waals surface area contributed by atoms with Crippen molar-refractivity contribution in [2.45, 2.75) is 38.1 Å². The third-order valence-corrected chi connectivity index (χ3v) is 5.35. The zero-order valence-electron chi connectivity index (χ0n) is 11.9. The number of rotatable bonds is 6. The fourth-order valence-corrected chi connectivity index (χ4v) is 4.82. The SMILES string of the molecule is COCCNC(=O)CNC1C2CC3CC(C2)CC1C3. The molecule has 0 radical (unpaired) electrons. The van der Waals surface area contributed by atoms with Gasteiger partial charge in [0.05, 0.1) is 13.2 Å².